The summed E-state index contributed by atoms with van der Waals surface area (Å²) in [4.78, 5) is 19.4. The van der Waals surface area contributed by atoms with E-state index in [1.54, 1.807) is 0 Å². The highest BCUT2D eigenvalue weighted by Gasteiger charge is 2.28. The van der Waals surface area contributed by atoms with Gasteiger partial charge in [0.15, 0.2) is 0 Å². The van der Waals surface area contributed by atoms with E-state index in [2.05, 4.69) is 17.2 Å². The van der Waals surface area contributed by atoms with Crippen LogP contribution in [0, 0.1) is 0 Å². The highest BCUT2D eigenvalue weighted by molar-refractivity contribution is 7.13. The summed E-state index contributed by atoms with van der Waals surface area (Å²) in [5.74, 6) is 0.0389. The molecule has 1 atom stereocenters. The Labute approximate surface area is 169 Å². The van der Waals surface area contributed by atoms with Crippen molar-refractivity contribution in [1.29, 1.82) is 0 Å². The minimum atomic E-state index is 0. The Morgan fingerprint density at radius 1 is 1.36 bits per heavy atom. The van der Waals surface area contributed by atoms with E-state index in [0.29, 0.717) is 10.7 Å². The third-order valence-corrected chi connectivity index (χ3v) is 5.16. The van der Waals surface area contributed by atoms with Gasteiger partial charge in [-0.15, -0.1) is 36.2 Å². The SMILES string of the molecule is CCCN(C(=O)c1csc(-c2ccc(Cl)cc2)n1)C1CCNC1.Cl.Cl. The predicted octanol–water partition coefficient (Wildman–Crippen LogP) is 4.52. The Morgan fingerprint density at radius 2 is 2.08 bits per heavy atom. The zero-order valence-corrected chi connectivity index (χ0v) is 17.1. The van der Waals surface area contributed by atoms with Crippen molar-refractivity contribution in [2.45, 2.75) is 25.8 Å². The molecule has 3 rings (SSSR count). The zero-order valence-electron chi connectivity index (χ0n) is 13.9. The van der Waals surface area contributed by atoms with E-state index in [1.807, 2.05) is 34.5 Å². The van der Waals surface area contributed by atoms with Crippen molar-refractivity contribution >= 4 is 53.7 Å². The van der Waals surface area contributed by atoms with Gasteiger partial charge < -0.3 is 10.2 Å². The zero-order chi connectivity index (χ0) is 16.2. The fourth-order valence-electron chi connectivity index (χ4n) is 2.84. The molecule has 1 saturated heterocycles. The summed E-state index contributed by atoms with van der Waals surface area (Å²) in [5.41, 5.74) is 1.53. The van der Waals surface area contributed by atoms with Gasteiger partial charge in [0.1, 0.15) is 10.7 Å². The largest absolute Gasteiger partial charge is 0.333 e. The summed E-state index contributed by atoms with van der Waals surface area (Å²) in [6.07, 6.45) is 1.97. The number of amides is 1. The van der Waals surface area contributed by atoms with Gasteiger partial charge >= 0.3 is 0 Å². The van der Waals surface area contributed by atoms with Crippen molar-refractivity contribution in [3.63, 3.8) is 0 Å². The van der Waals surface area contributed by atoms with E-state index in [0.717, 1.165) is 43.0 Å². The second-order valence-electron chi connectivity index (χ2n) is 5.69. The topological polar surface area (TPSA) is 45.2 Å². The molecule has 1 aromatic carbocycles. The van der Waals surface area contributed by atoms with Crippen molar-refractivity contribution in [1.82, 2.24) is 15.2 Å². The summed E-state index contributed by atoms with van der Waals surface area (Å²) < 4.78 is 0. The fraction of sp³-hybridized carbons (Fsp3) is 0.412. The number of halogens is 3. The second-order valence-corrected chi connectivity index (χ2v) is 6.98. The molecule has 0 spiro atoms. The Kier molecular flexibility index (Phi) is 9.17. The highest BCUT2D eigenvalue weighted by atomic mass is 35.5. The Bertz CT molecular complexity index is 672. The van der Waals surface area contributed by atoms with E-state index >= 15 is 0 Å². The van der Waals surface area contributed by atoms with Gasteiger partial charge in [-0.25, -0.2) is 4.98 Å². The van der Waals surface area contributed by atoms with E-state index < -0.39 is 0 Å². The molecule has 25 heavy (non-hydrogen) atoms. The predicted molar refractivity (Wildman–Crippen MR) is 110 cm³/mol. The van der Waals surface area contributed by atoms with Crippen LogP contribution >= 0.6 is 47.8 Å². The maximum atomic E-state index is 12.8. The van der Waals surface area contributed by atoms with Crippen LogP contribution in [0.15, 0.2) is 29.6 Å². The standard InChI is InChI=1S/C17H20ClN3OS.2ClH/c1-2-9-21(14-7-8-19-10-14)17(22)15-11-23-16(20-15)12-3-5-13(18)6-4-12;;/h3-6,11,14,19H,2,7-10H2,1H3;2*1H. The lowest BCUT2D eigenvalue weighted by atomic mass is 10.2. The number of hydrogen-bond donors (Lipinski definition) is 1. The molecule has 4 nitrogen and oxygen atoms in total. The maximum Gasteiger partial charge on any atom is 0.273 e. The summed E-state index contributed by atoms with van der Waals surface area (Å²) in [5, 5.41) is 6.74. The molecule has 0 bridgehead atoms. The first kappa shape index (κ1) is 22.2. The molecular formula is C17H22Cl3N3OS. The van der Waals surface area contributed by atoms with Crippen LogP contribution < -0.4 is 5.32 Å². The molecule has 1 fully saturated rings. The maximum absolute atomic E-state index is 12.8. The Morgan fingerprint density at radius 3 is 2.68 bits per heavy atom. The number of benzene rings is 1. The summed E-state index contributed by atoms with van der Waals surface area (Å²) in [6, 6.07) is 7.82. The van der Waals surface area contributed by atoms with Crippen LogP contribution in [0.25, 0.3) is 10.6 Å². The lowest BCUT2D eigenvalue weighted by molar-refractivity contribution is 0.0687. The fourth-order valence-corrected chi connectivity index (χ4v) is 3.77. The molecule has 1 aliphatic heterocycles. The minimum Gasteiger partial charge on any atom is -0.333 e. The van der Waals surface area contributed by atoms with Gasteiger partial charge in [-0.3, -0.25) is 4.79 Å². The van der Waals surface area contributed by atoms with Gasteiger partial charge in [-0.05, 0) is 31.5 Å². The van der Waals surface area contributed by atoms with E-state index in [-0.39, 0.29) is 36.8 Å². The van der Waals surface area contributed by atoms with Crippen molar-refractivity contribution in [2.24, 2.45) is 0 Å². The molecule has 1 aromatic heterocycles. The summed E-state index contributed by atoms with van der Waals surface area (Å²) in [6.45, 7) is 4.73. The number of hydrogen-bond acceptors (Lipinski definition) is 4. The molecule has 1 unspecified atom stereocenters. The molecular weight excluding hydrogens is 401 g/mol. The first-order valence-corrected chi connectivity index (χ1v) is 9.18. The molecule has 0 aliphatic carbocycles. The third-order valence-electron chi connectivity index (χ3n) is 4.01. The van der Waals surface area contributed by atoms with E-state index in [1.165, 1.54) is 11.3 Å². The number of nitrogens with zero attached hydrogens (tertiary/aromatic N) is 2. The molecule has 2 aromatic rings. The van der Waals surface area contributed by atoms with Crippen LogP contribution in [-0.4, -0.2) is 41.5 Å². The van der Waals surface area contributed by atoms with Gasteiger partial charge in [-0.2, -0.15) is 0 Å². The first-order valence-electron chi connectivity index (χ1n) is 7.92. The number of carbonyl (C=O) groups excluding carboxylic acids is 1. The molecule has 1 amide bonds. The van der Waals surface area contributed by atoms with Crippen LogP contribution in [0.2, 0.25) is 5.02 Å². The number of nitrogens with one attached hydrogen (secondary N) is 1. The van der Waals surface area contributed by atoms with Gasteiger partial charge in [-0.1, -0.05) is 30.7 Å². The highest BCUT2D eigenvalue weighted by Crippen LogP contribution is 2.26. The second kappa shape index (κ2) is 10.3. The van der Waals surface area contributed by atoms with Crippen molar-refractivity contribution in [3.05, 3.63) is 40.4 Å². The number of carbonyl (C=O) groups is 1. The van der Waals surface area contributed by atoms with Crippen LogP contribution in [0.4, 0.5) is 0 Å². The number of thiazole rings is 1. The average molecular weight is 423 g/mol. The Balaban J connectivity index is 0.00000156. The van der Waals surface area contributed by atoms with Crippen LogP contribution in [-0.2, 0) is 0 Å². The van der Waals surface area contributed by atoms with Crippen molar-refractivity contribution in [2.75, 3.05) is 19.6 Å². The molecule has 138 valence electrons. The van der Waals surface area contributed by atoms with Crippen LogP contribution in [0.3, 0.4) is 0 Å². The smallest absolute Gasteiger partial charge is 0.273 e. The molecule has 2 heterocycles. The van der Waals surface area contributed by atoms with Gasteiger partial charge in [0.25, 0.3) is 5.91 Å². The van der Waals surface area contributed by atoms with E-state index in [9.17, 15) is 4.79 Å². The quantitative estimate of drug-likeness (QED) is 0.770. The van der Waals surface area contributed by atoms with Gasteiger partial charge in [0.05, 0.1) is 0 Å². The normalized spacial score (nSPS) is 16.0. The molecule has 8 heteroatoms. The van der Waals surface area contributed by atoms with Crippen molar-refractivity contribution < 1.29 is 4.79 Å². The monoisotopic (exact) mass is 421 g/mol. The van der Waals surface area contributed by atoms with Crippen LogP contribution in [0.5, 0.6) is 0 Å². The number of aromatic nitrogens is 1. The van der Waals surface area contributed by atoms with Gasteiger partial charge in [0.2, 0.25) is 0 Å². The van der Waals surface area contributed by atoms with E-state index in [4.69, 9.17) is 11.6 Å². The van der Waals surface area contributed by atoms with Crippen molar-refractivity contribution in [3.8, 4) is 10.6 Å². The lowest BCUT2D eigenvalue weighted by Gasteiger charge is -2.27. The lowest BCUT2D eigenvalue weighted by Crippen LogP contribution is -2.42. The minimum absolute atomic E-state index is 0. The molecule has 1 N–H and O–H groups in total. The summed E-state index contributed by atoms with van der Waals surface area (Å²) >= 11 is 7.42. The first-order chi connectivity index (χ1) is 11.2. The summed E-state index contributed by atoms with van der Waals surface area (Å²) in [7, 11) is 0. The molecule has 0 saturated carbocycles. The van der Waals surface area contributed by atoms with Crippen LogP contribution in [0.1, 0.15) is 30.3 Å². The average Bonchev–Trinajstić information content (AvgIpc) is 3.24. The van der Waals surface area contributed by atoms with Gasteiger partial charge in [0, 0.05) is 35.1 Å². The molecule has 1 aliphatic rings. The third kappa shape index (κ3) is 5.31. The Hall–Kier alpha value is -0.850. The molecule has 0 radical (unpaired) electrons. The number of rotatable bonds is 5.